The van der Waals surface area contributed by atoms with Crippen LogP contribution in [0.1, 0.15) is 41.4 Å². The Morgan fingerprint density at radius 1 is 0.868 bits per heavy atom. The second-order valence-corrected chi connectivity index (χ2v) is 8.21. The number of carbonyl (C=O) groups excluding carboxylic acids is 3. The van der Waals surface area contributed by atoms with Gasteiger partial charge in [-0.15, -0.1) is 0 Å². The first-order valence-electron chi connectivity index (χ1n) is 11.5. The molecule has 3 aromatic carbocycles. The molecular weight excluding hydrogens is 484 g/mol. The maximum Gasteiger partial charge on any atom is 0.268 e. The highest BCUT2D eigenvalue weighted by molar-refractivity contribution is 5.97. The Labute approximate surface area is 222 Å². The fourth-order valence-electron chi connectivity index (χ4n) is 3.31. The van der Waals surface area contributed by atoms with Gasteiger partial charge in [-0.3, -0.25) is 19.6 Å². The molecule has 0 aliphatic heterocycles. The number of hydroxylamine groups is 1. The zero-order chi connectivity index (χ0) is 26.6. The molecular formula is C29H32N4O5. The summed E-state index contributed by atoms with van der Waals surface area (Å²) in [5, 5.41) is 26.7. The molecule has 198 valence electrons. The van der Waals surface area contributed by atoms with Gasteiger partial charge in [0.1, 0.15) is 6.04 Å². The van der Waals surface area contributed by atoms with Gasteiger partial charge in [0.15, 0.2) is 0 Å². The molecule has 9 nitrogen and oxygen atoms in total. The minimum absolute atomic E-state index is 0. The lowest BCUT2D eigenvalue weighted by molar-refractivity contribution is -0.133. The van der Waals surface area contributed by atoms with Crippen molar-refractivity contribution in [2.75, 3.05) is 11.9 Å². The van der Waals surface area contributed by atoms with Crippen molar-refractivity contribution in [2.24, 2.45) is 0 Å². The van der Waals surface area contributed by atoms with E-state index in [1.807, 2.05) is 30.3 Å². The van der Waals surface area contributed by atoms with E-state index in [9.17, 15) is 19.5 Å². The van der Waals surface area contributed by atoms with Gasteiger partial charge in [-0.05, 0) is 61.0 Å². The monoisotopic (exact) mass is 516 g/mol. The van der Waals surface area contributed by atoms with E-state index in [1.54, 1.807) is 48.5 Å². The molecule has 0 heterocycles. The molecule has 6 N–H and O–H groups in total. The highest BCUT2D eigenvalue weighted by Crippen LogP contribution is 2.10. The average molecular weight is 517 g/mol. The number of anilines is 1. The standard InChI is InChI=1S/C28H28N4O5.CH4/c1-19(33)26(28(36)32-37)31-27(35)23-13-9-20(10-14-23)7-8-21-11-15-24(16-12-21)30-25(34)18-29-17-22-5-3-2-4-6-22;/h2-6,9-16,19,26,29,33,37H,17-18H2,1H3,(H,30,34)(H,31,35)(H,32,36);1H4/t19-,26+;/m1./s1. The molecule has 3 rings (SSSR count). The summed E-state index contributed by atoms with van der Waals surface area (Å²) >= 11 is 0. The molecule has 3 amide bonds. The number of aliphatic hydroxyl groups is 1. The number of benzene rings is 3. The molecule has 0 fully saturated rings. The smallest absolute Gasteiger partial charge is 0.268 e. The summed E-state index contributed by atoms with van der Waals surface area (Å²) in [7, 11) is 0. The van der Waals surface area contributed by atoms with Crippen molar-refractivity contribution in [2.45, 2.75) is 33.0 Å². The van der Waals surface area contributed by atoms with Crippen LogP contribution in [0.5, 0.6) is 0 Å². The van der Waals surface area contributed by atoms with Crippen molar-refractivity contribution in [1.29, 1.82) is 0 Å². The van der Waals surface area contributed by atoms with Gasteiger partial charge in [-0.1, -0.05) is 49.6 Å². The second-order valence-electron chi connectivity index (χ2n) is 8.21. The van der Waals surface area contributed by atoms with E-state index >= 15 is 0 Å². The summed E-state index contributed by atoms with van der Waals surface area (Å²) in [6.45, 7) is 2.13. The van der Waals surface area contributed by atoms with E-state index in [0.29, 0.717) is 17.8 Å². The SMILES string of the molecule is C.C[C@@H](O)[C@H](NC(=O)c1ccc(C#Cc2ccc(NC(=O)CNCc3ccccc3)cc2)cc1)C(=O)NO. The zero-order valence-electron chi connectivity index (χ0n) is 20.2. The maximum atomic E-state index is 12.3. The van der Waals surface area contributed by atoms with Crippen LogP contribution >= 0.6 is 0 Å². The van der Waals surface area contributed by atoms with Gasteiger partial charge < -0.3 is 21.1 Å². The van der Waals surface area contributed by atoms with E-state index < -0.39 is 24.0 Å². The van der Waals surface area contributed by atoms with Crippen LogP contribution in [0.2, 0.25) is 0 Å². The maximum absolute atomic E-state index is 12.3. The van der Waals surface area contributed by atoms with E-state index in [1.165, 1.54) is 12.4 Å². The third-order valence-corrected chi connectivity index (χ3v) is 5.29. The van der Waals surface area contributed by atoms with E-state index in [-0.39, 0.29) is 25.4 Å². The van der Waals surface area contributed by atoms with Gasteiger partial charge in [0.2, 0.25) is 5.91 Å². The Morgan fingerprint density at radius 3 is 2.00 bits per heavy atom. The van der Waals surface area contributed by atoms with Crippen LogP contribution < -0.4 is 21.4 Å². The highest BCUT2D eigenvalue weighted by Gasteiger charge is 2.25. The fraction of sp³-hybridized carbons (Fsp3) is 0.207. The number of rotatable bonds is 9. The molecule has 38 heavy (non-hydrogen) atoms. The molecule has 0 aromatic heterocycles. The first kappa shape index (κ1) is 29.7. The van der Waals surface area contributed by atoms with Crippen LogP contribution in [0, 0.1) is 11.8 Å². The summed E-state index contributed by atoms with van der Waals surface area (Å²) in [4.78, 5) is 36.1. The lowest BCUT2D eigenvalue weighted by Crippen LogP contribution is -2.51. The van der Waals surface area contributed by atoms with Gasteiger partial charge in [0.05, 0.1) is 12.6 Å². The van der Waals surface area contributed by atoms with Crippen LogP contribution in [0.25, 0.3) is 0 Å². The van der Waals surface area contributed by atoms with Crippen LogP contribution in [0.4, 0.5) is 5.69 Å². The average Bonchev–Trinajstić information content (AvgIpc) is 2.91. The summed E-state index contributed by atoms with van der Waals surface area (Å²) < 4.78 is 0. The predicted octanol–water partition coefficient (Wildman–Crippen LogP) is 2.44. The van der Waals surface area contributed by atoms with Crippen molar-refractivity contribution in [3.05, 3.63) is 101 Å². The molecule has 3 aromatic rings. The van der Waals surface area contributed by atoms with Crippen LogP contribution in [0.15, 0.2) is 78.9 Å². The van der Waals surface area contributed by atoms with Crippen molar-refractivity contribution < 1.29 is 24.7 Å². The lowest BCUT2D eigenvalue weighted by atomic mass is 10.1. The first-order chi connectivity index (χ1) is 17.9. The van der Waals surface area contributed by atoms with Crippen molar-refractivity contribution in [3.63, 3.8) is 0 Å². The largest absolute Gasteiger partial charge is 0.391 e. The van der Waals surface area contributed by atoms with Crippen LogP contribution in [-0.2, 0) is 16.1 Å². The van der Waals surface area contributed by atoms with Gasteiger partial charge in [-0.25, -0.2) is 5.48 Å². The van der Waals surface area contributed by atoms with Gasteiger partial charge in [0, 0.05) is 28.9 Å². The number of carbonyl (C=O) groups is 3. The van der Waals surface area contributed by atoms with Crippen molar-refractivity contribution in [3.8, 4) is 11.8 Å². The van der Waals surface area contributed by atoms with Crippen LogP contribution in [0.3, 0.4) is 0 Å². The fourth-order valence-corrected chi connectivity index (χ4v) is 3.31. The molecule has 0 aliphatic carbocycles. The van der Waals surface area contributed by atoms with Crippen LogP contribution in [-0.4, -0.2) is 46.7 Å². The van der Waals surface area contributed by atoms with E-state index in [0.717, 1.165) is 11.1 Å². The number of amides is 3. The number of aliphatic hydroxyl groups excluding tert-OH is 1. The Balaban J connectivity index is 0.00000507. The van der Waals surface area contributed by atoms with Gasteiger partial charge in [-0.2, -0.15) is 0 Å². The molecule has 0 saturated carbocycles. The molecule has 0 saturated heterocycles. The second kappa shape index (κ2) is 14.9. The Kier molecular flexibility index (Phi) is 11.7. The first-order valence-corrected chi connectivity index (χ1v) is 11.5. The quantitative estimate of drug-likeness (QED) is 0.147. The summed E-state index contributed by atoms with van der Waals surface area (Å²) in [5.41, 5.74) is 4.86. The highest BCUT2D eigenvalue weighted by atomic mass is 16.5. The third kappa shape index (κ3) is 9.19. The molecule has 0 bridgehead atoms. The molecule has 0 radical (unpaired) electrons. The summed E-state index contributed by atoms with van der Waals surface area (Å²) in [5.74, 6) is 4.38. The topological polar surface area (TPSA) is 140 Å². The van der Waals surface area contributed by atoms with E-state index in [4.69, 9.17) is 5.21 Å². The zero-order valence-corrected chi connectivity index (χ0v) is 20.2. The summed E-state index contributed by atoms with van der Waals surface area (Å²) in [6.07, 6.45) is -1.20. The van der Waals surface area contributed by atoms with Crippen molar-refractivity contribution in [1.82, 2.24) is 16.1 Å². The summed E-state index contributed by atoms with van der Waals surface area (Å²) in [6, 6.07) is 22.1. The predicted molar refractivity (Wildman–Crippen MR) is 145 cm³/mol. The van der Waals surface area contributed by atoms with Gasteiger partial charge in [0.25, 0.3) is 11.8 Å². The molecule has 0 spiro atoms. The molecule has 0 aliphatic rings. The molecule has 0 unspecified atom stereocenters. The molecule has 2 atom stereocenters. The van der Waals surface area contributed by atoms with Crippen molar-refractivity contribution >= 4 is 23.4 Å². The lowest BCUT2D eigenvalue weighted by Gasteiger charge is -2.19. The van der Waals surface area contributed by atoms with Gasteiger partial charge >= 0.3 is 0 Å². The normalized spacial score (nSPS) is 11.6. The Bertz CT molecular complexity index is 1260. The van der Waals surface area contributed by atoms with E-state index in [2.05, 4.69) is 27.8 Å². The number of nitrogens with one attached hydrogen (secondary N) is 4. The Morgan fingerprint density at radius 2 is 1.45 bits per heavy atom. The molecule has 9 heteroatoms. The number of hydrogen-bond acceptors (Lipinski definition) is 6. The third-order valence-electron chi connectivity index (χ3n) is 5.29. The number of hydrogen-bond donors (Lipinski definition) is 6. The minimum atomic E-state index is -1.30. The Hall–Kier alpha value is -4.49. The minimum Gasteiger partial charge on any atom is -0.391 e.